The highest BCUT2D eigenvalue weighted by Gasteiger charge is 2.13. The minimum absolute atomic E-state index is 0.105. The maximum Gasteiger partial charge on any atom is 0.246 e. The smallest absolute Gasteiger partial charge is 0.246 e. The van der Waals surface area contributed by atoms with Crippen LogP contribution in [0, 0.1) is 0 Å². The highest BCUT2D eigenvalue weighted by molar-refractivity contribution is 7.77. The molecule has 1 fully saturated rings. The Morgan fingerprint density at radius 1 is 1.20 bits per heavy atom. The van der Waals surface area contributed by atoms with Crippen LogP contribution in [0.5, 0.6) is 0 Å². The summed E-state index contributed by atoms with van der Waals surface area (Å²) in [5.41, 5.74) is 0. The zero-order valence-corrected chi connectivity index (χ0v) is 13.8. The third-order valence-corrected chi connectivity index (χ3v) is 3.14. The third kappa shape index (κ3) is 10.4. The van der Waals surface area contributed by atoms with E-state index < -0.39 is 0 Å². The number of methoxy groups -OCH3 is 1. The lowest BCUT2D eigenvalue weighted by molar-refractivity contribution is -0.124. The molecule has 1 N–H and O–H groups in total. The van der Waals surface area contributed by atoms with Crippen molar-refractivity contribution in [2.45, 2.75) is 13.8 Å². The molecular formula is C13H29N3O3S. The van der Waals surface area contributed by atoms with Crippen LogP contribution in [-0.4, -0.2) is 81.3 Å². The summed E-state index contributed by atoms with van der Waals surface area (Å²) < 4.78 is 12.2. The van der Waals surface area contributed by atoms with E-state index in [1.54, 1.807) is 0 Å². The summed E-state index contributed by atoms with van der Waals surface area (Å²) in [6.45, 7) is 10.9. The van der Waals surface area contributed by atoms with E-state index in [1.165, 1.54) is 7.11 Å². The number of ether oxygens (including phenoxy) is 2. The number of hydrogen-bond donors (Lipinski definition) is 2. The van der Waals surface area contributed by atoms with Crippen LogP contribution in [0.3, 0.4) is 0 Å². The van der Waals surface area contributed by atoms with Crippen molar-refractivity contribution in [2.24, 2.45) is 0 Å². The Labute approximate surface area is 128 Å². The van der Waals surface area contributed by atoms with Gasteiger partial charge in [-0.1, -0.05) is 26.7 Å². The van der Waals surface area contributed by atoms with Crippen LogP contribution in [-0.2, 0) is 14.3 Å². The zero-order chi connectivity index (χ0) is 15.2. The van der Waals surface area contributed by atoms with Crippen LogP contribution in [0.25, 0.3) is 0 Å². The summed E-state index contributed by atoms with van der Waals surface area (Å²) >= 11 is 4.30. The van der Waals surface area contributed by atoms with Crippen molar-refractivity contribution < 1.29 is 14.3 Å². The van der Waals surface area contributed by atoms with Gasteiger partial charge in [-0.2, -0.15) is 0 Å². The topological polar surface area (TPSA) is 54.0 Å². The number of rotatable bonds is 8. The fraction of sp³-hybridized carbons (Fsp3) is 0.923. The molecule has 1 saturated heterocycles. The van der Waals surface area contributed by atoms with Gasteiger partial charge < -0.3 is 14.8 Å². The van der Waals surface area contributed by atoms with Gasteiger partial charge in [-0.3, -0.25) is 14.0 Å². The summed E-state index contributed by atoms with van der Waals surface area (Å²) in [4.78, 5) is 13.4. The minimum atomic E-state index is -0.106. The fourth-order valence-corrected chi connectivity index (χ4v) is 1.88. The molecule has 6 nitrogen and oxygen atoms in total. The van der Waals surface area contributed by atoms with Gasteiger partial charge in [0.25, 0.3) is 0 Å². The third-order valence-electron chi connectivity index (χ3n) is 2.74. The van der Waals surface area contributed by atoms with Crippen molar-refractivity contribution in [3.8, 4) is 0 Å². The number of amides is 1. The van der Waals surface area contributed by atoms with Gasteiger partial charge in [-0.05, 0) is 0 Å². The molecule has 1 rings (SSSR count). The minimum Gasteiger partial charge on any atom is -0.378 e. The molecule has 1 amide bonds. The predicted molar refractivity (Wildman–Crippen MR) is 84.1 cm³/mol. The number of nitrogens with one attached hydrogen (secondary N) is 1. The van der Waals surface area contributed by atoms with Gasteiger partial charge in [-0.25, -0.2) is 0 Å². The number of hydrogen-bond acceptors (Lipinski definition) is 6. The molecule has 0 aromatic rings. The van der Waals surface area contributed by atoms with Crippen molar-refractivity contribution in [3.63, 3.8) is 0 Å². The molecule has 0 aliphatic carbocycles. The van der Waals surface area contributed by atoms with E-state index in [4.69, 9.17) is 9.47 Å². The molecule has 0 saturated carbocycles. The predicted octanol–water partition coefficient (Wildman–Crippen LogP) is 0.254. The van der Waals surface area contributed by atoms with E-state index in [0.717, 1.165) is 32.7 Å². The lowest BCUT2D eigenvalue weighted by atomic mass is 10.3. The molecule has 0 radical (unpaired) electrons. The van der Waals surface area contributed by atoms with Crippen LogP contribution < -0.4 is 5.32 Å². The highest BCUT2D eigenvalue weighted by Crippen LogP contribution is 2.02. The lowest BCUT2D eigenvalue weighted by Gasteiger charge is -2.31. The van der Waals surface area contributed by atoms with Crippen LogP contribution in [0.15, 0.2) is 0 Å². The lowest BCUT2D eigenvalue weighted by Crippen LogP contribution is -2.43. The first-order valence-electron chi connectivity index (χ1n) is 7.22. The van der Waals surface area contributed by atoms with Gasteiger partial charge in [0.05, 0.1) is 13.2 Å². The maximum absolute atomic E-state index is 11.0. The van der Waals surface area contributed by atoms with Gasteiger partial charge in [0, 0.05) is 46.4 Å². The molecular weight excluding hydrogens is 278 g/mol. The number of thiol groups is 1. The Morgan fingerprint density at radius 2 is 1.85 bits per heavy atom. The molecule has 1 heterocycles. The van der Waals surface area contributed by atoms with E-state index in [9.17, 15) is 4.79 Å². The summed E-state index contributed by atoms with van der Waals surface area (Å²) in [5.74, 6) is -0.106. The first kappa shape index (κ1) is 19.7. The summed E-state index contributed by atoms with van der Waals surface area (Å²) in [6, 6.07) is 0. The summed E-state index contributed by atoms with van der Waals surface area (Å²) in [6.07, 6.45) is 0. The van der Waals surface area contributed by atoms with Crippen molar-refractivity contribution in [1.82, 2.24) is 14.5 Å². The van der Waals surface area contributed by atoms with Gasteiger partial charge in [0.1, 0.15) is 6.61 Å². The van der Waals surface area contributed by atoms with Crippen LogP contribution >= 0.6 is 12.8 Å². The Balaban J connectivity index is 0.00000172. The standard InChI is InChI=1S/C11H23N3O3S.C2H6/c1-16-10-11(15)12-2-8-17-9-7-13-3-5-14(18)6-4-13;1-2/h18H,2-10H2,1H3,(H,12,15);1-2H3. The molecule has 0 unspecified atom stereocenters. The van der Waals surface area contributed by atoms with Gasteiger partial charge in [0.2, 0.25) is 5.91 Å². The second kappa shape index (κ2) is 13.6. The van der Waals surface area contributed by atoms with Crippen molar-refractivity contribution in [2.75, 3.05) is 66.2 Å². The van der Waals surface area contributed by atoms with Crippen LogP contribution in [0.1, 0.15) is 13.8 Å². The second-order valence-electron chi connectivity index (χ2n) is 4.19. The van der Waals surface area contributed by atoms with Crippen molar-refractivity contribution >= 4 is 18.7 Å². The number of carbonyl (C=O) groups is 1. The van der Waals surface area contributed by atoms with E-state index >= 15 is 0 Å². The summed E-state index contributed by atoms with van der Waals surface area (Å²) in [5, 5.41) is 2.71. The van der Waals surface area contributed by atoms with Crippen molar-refractivity contribution in [3.05, 3.63) is 0 Å². The number of piperazine rings is 1. The van der Waals surface area contributed by atoms with E-state index in [0.29, 0.717) is 19.8 Å². The van der Waals surface area contributed by atoms with Gasteiger partial charge >= 0.3 is 0 Å². The molecule has 0 aromatic carbocycles. The SMILES string of the molecule is CC.COCC(=O)NCCOCCN1CCN(S)CC1. The van der Waals surface area contributed by atoms with Gasteiger partial charge in [-0.15, -0.1) is 0 Å². The molecule has 0 atom stereocenters. The van der Waals surface area contributed by atoms with Crippen LogP contribution in [0.4, 0.5) is 0 Å². The van der Waals surface area contributed by atoms with E-state index in [-0.39, 0.29) is 12.5 Å². The van der Waals surface area contributed by atoms with E-state index in [2.05, 4.69) is 23.0 Å². The number of nitrogens with zero attached hydrogens (tertiary/aromatic N) is 2. The second-order valence-corrected chi connectivity index (χ2v) is 4.76. The molecule has 120 valence electrons. The quantitative estimate of drug-likeness (QED) is 0.497. The van der Waals surface area contributed by atoms with Crippen LogP contribution in [0.2, 0.25) is 0 Å². The summed E-state index contributed by atoms with van der Waals surface area (Å²) in [7, 11) is 1.50. The van der Waals surface area contributed by atoms with E-state index in [1.807, 2.05) is 18.2 Å². The fourth-order valence-electron chi connectivity index (χ4n) is 1.70. The average molecular weight is 307 g/mol. The van der Waals surface area contributed by atoms with Gasteiger partial charge in [0.15, 0.2) is 0 Å². The molecule has 20 heavy (non-hydrogen) atoms. The molecule has 0 bridgehead atoms. The normalized spacial score (nSPS) is 16.4. The largest absolute Gasteiger partial charge is 0.378 e. The first-order chi connectivity index (χ1) is 9.72. The first-order valence-corrected chi connectivity index (χ1v) is 7.62. The zero-order valence-electron chi connectivity index (χ0n) is 12.9. The molecule has 0 aromatic heterocycles. The average Bonchev–Trinajstić information content (AvgIpc) is 2.47. The highest BCUT2D eigenvalue weighted by atomic mass is 32.1. The molecule has 1 aliphatic rings. The number of carbonyl (C=O) groups excluding carboxylic acids is 1. The Bertz CT molecular complexity index is 237. The monoisotopic (exact) mass is 307 g/mol. The molecule has 1 aliphatic heterocycles. The maximum atomic E-state index is 11.0. The molecule has 0 spiro atoms. The Hall–Kier alpha value is -0.340. The Kier molecular flexibility index (Phi) is 13.4. The van der Waals surface area contributed by atoms with Crippen molar-refractivity contribution in [1.29, 1.82) is 0 Å². The Morgan fingerprint density at radius 3 is 2.45 bits per heavy atom. The molecule has 7 heteroatoms.